The van der Waals surface area contributed by atoms with Crippen LogP contribution >= 0.6 is 0 Å². The van der Waals surface area contributed by atoms with Crippen molar-refractivity contribution in [2.45, 2.75) is 5.92 Å². The summed E-state index contributed by atoms with van der Waals surface area (Å²) >= 11 is 0. The fourth-order valence-electron chi connectivity index (χ4n) is 4.04. The van der Waals surface area contributed by atoms with E-state index in [0.29, 0.717) is 28.4 Å². The molecule has 6 heteroatoms. The Labute approximate surface area is 174 Å². The van der Waals surface area contributed by atoms with Gasteiger partial charge < -0.3 is 18.9 Å². The Morgan fingerprint density at radius 1 is 0.933 bits per heavy atom. The van der Waals surface area contributed by atoms with Crippen molar-refractivity contribution in [3.05, 3.63) is 65.7 Å². The van der Waals surface area contributed by atoms with Crippen LogP contribution in [-0.2, 0) is 9.53 Å². The predicted molar refractivity (Wildman–Crippen MR) is 112 cm³/mol. The van der Waals surface area contributed by atoms with Crippen molar-refractivity contribution in [2.75, 3.05) is 27.9 Å². The number of cyclic esters (lactones) is 1. The monoisotopic (exact) mass is 406 g/mol. The number of esters is 1. The molecule has 1 aliphatic rings. The molecule has 0 radical (unpaired) electrons. The van der Waals surface area contributed by atoms with Crippen molar-refractivity contribution in [3.63, 3.8) is 0 Å². The summed E-state index contributed by atoms with van der Waals surface area (Å²) in [6, 6.07) is 16.7. The zero-order valence-corrected chi connectivity index (χ0v) is 17.0. The zero-order chi connectivity index (χ0) is 21.3. The van der Waals surface area contributed by atoms with E-state index in [-0.39, 0.29) is 12.4 Å². The van der Waals surface area contributed by atoms with Gasteiger partial charge in [0, 0.05) is 5.56 Å². The molecule has 2 atom stereocenters. The molecule has 2 unspecified atom stereocenters. The van der Waals surface area contributed by atoms with Crippen molar-refractivity contribution in [3.8, 4) is 17.2 Å². The van der Waals surface area contributed by atoms with Gasteiger partial charge in [-0.3, -0.25) is 9.59 Å². The number of ketones is 1. The summed E-state index contributed by atoms with van der Waals surface area (Å²) in [7, 11) is 4.52. The zero-order valence-electron chi connectivity index (χ0n) is 17.0. The van der Waals surface area contributed by atoms with Crippen molar-refractivity contribution in [1.29, 1.82) is 0 Å². The maximum absolute atomic E-state index is 13.5. The molecule has 30 heavy (non-hydrogen) atoms. The van der Waals surface area contributed by atoms with Crippen molar-refractivity contribution >= 4 is 22.5 Å². The van der Waals surface area contributed by atoms with Crippen LogP contribution in [0.25, 0.3) is 10.8 Å². The van der Waals surface area contributed by atoms with Gasteiger partial charge in [0.25, 0.3) is 0 Å². The smallest absolute Gasteiger partial charge is 0.314 e. The molecule has 154 valence electrons. The van der Waals surface area contributed by atoms with Gasteiger partial charge in [-0.15, -0.1) is 0 Å². The van der Waals surface area contributed by atoms with E-state index in [1.807, 2.05) is 36.4 Å². The van der Waals surface area contributed by atoms with Gasteiger partial charge in [0.2, 0.25) is 5.75 Å². The lowest BCUT2D eigenvalue weighted by Gasteiger charge is -2.19. The van der Waals surface area contributed by atoms with E-state index in [4.69, 9.17) is 18.9 Å². The predicted octanol–water partition coefficient (Wildman–Crippen LogP) is 4.01. The second kappa shape index (κ2) is 8.06. The minimum atomic E-state index is -0.759. The summed E-state index contributed by atoms with van der Waals surface area (Å²) < 4.78 is 21.5. The third-order valence-corrected chi connectivity index (χ3v) is 5.50. The number of hydrogen-bond donors (Lipinski definition) is 0. The molecule has 1 heterocycles. The maximum atomic E-state index is 13.5. The summed E-state index contributed by atoms with van der Waals surface area (Å²) in [6.45, 7) is 0.0300. The normalized spacial score (nSPS) is 18.2. The van der Waals surface area contributed by atoms with Crippen LogP contribution in [0.5, 0.6) is 17.2 Å². The number of ether oxygens (including phenoxy) is 4. The molecule has 0 aromatic heterocycles. The van der Waals surface area contributed by atoms with Gasteiger partial charge >= 0.3 is 5.97 Å². The summed E-state index contributed by atoms with van der Waals surface area (Å²) in [4.78, 5) is 26.2. The van der Waals surface area contributed by atoms with Crippen LogP contribution in [0, 0.1) is 5.92 Å². The van der Waals surface area contributed by atoms with Crippen LogP contribution in [0.15, 0.2) is 54.6 Å². The van der Waals surface area contributed by atoms with Crippen molar-refractivity contribution in [1.82, 2.24) is 0 Å². The number of hydrogen-bond acceptors (Lipinski definition) is 6. The van der Waals surface area contributed by atoms with Crippen LogP contribution in [0.1, 0.15) is 21.8 Å². The van der Waals surface area contributed by atoms with E-state index >= 15 is 0 Å². The minimum absolute atomic E-state index is 0.0300. The molecule has 3 aromatic carbocycles. The number of carbonyl (C=O) groups is 2. The molecule has 1 saturated heterocycles. The molecule has 0 amide bonds. The SMILES string of the molecule is COc1cc(C2C(=O)OCC2C(=O)c2cccc3ccccc23)cc(OC)c1OC. The third kappa shape index (κ3) is 3.24. The van der Waals surface area contributed by atoms with Crippen LogP contribution < -0.4 is 14.2 Å². The van der Waals surface area contributed by atoms with Gasteiger partial charge in [0.15, 0.2) is 17.3 Å². The third-order valence-electron chi connectivity index (χ3n) is 5.50. The lowest BCUT2D eigenvalue weighted by Crippen LogP contribution is -2.23. The van der Waals surface area contributed by atoms with Crippen LogP contribution in [0.2, 0.25) is 0 Å². The first-order chi connectivity index (χ1) is 14.6. The second-order valence-electron chi connectivity index (χ2n) is 7.06. The Kier molecular flexibility index (Phi) is 5.31. The lowest BCUT2D eigenvalue weighted by molar-refractivity contribution is -0.139. The molecule has 0 saturated carbocycles. The maximum Gasteiger partial charge on any atom is 0.314 e. The largest absolute Gasteiger partial charge is 0.493 e. The summed E-state index contributed by atoms with van der Waals surface area (Å²) in [6.07, 6.45) is 0. The average Bonchev–Trinajstić information content (AvgIpc) is 3.18. The van der Waals surface area contributed by atoms with E-state index in [1.54, 1.807) is 18.2 Å². The summed E-state index contributed by atoms with van der Waals surface area (Å²) in [5.74, 6) is -0.714. The Hall–Kier alpha value is -3.54. The van der Waals surface area contributed by atoms with Crippen LogP contribution in [0.4, 0.5) is 0 Å². The Balaban J connectivity index is 1.79. The molecule has 3 aromatic rings. The molecule has 0 aliphatic carbocycles. The molecule has 1 fully saturated rings. The Morgan fingerprint density at radius 2 is 1.60 bits per heavy atom. The first-order valence-electron chi connectivity index (χ1n) is 9.57. The van der Waals surface area contributed by atoms with E-state index < -0.39 is 17.8 Å². The van der Waals surface area contributed by atoms with Crippen molar-refractivity contribution < 1.29 is 28.5 Å². The van der Waals surface area contributed by atoms with E-state index in [0.717, 1.165) is 10.8 Å². The number of Topliss-reactive ketones (excluding diaryl/α,β-unsaturated/α-hetero) is 1. The number of methoxy groups -OCH3 is 3. The van der Waals surface area contributed by atoms with Gasteiger partial charge in [-0.1, -0.05) is 42.5 Å². The lowest BCUT2D eigenvalue weighted by atomic mass is 9.82. The van der Waals surface area contributed by atoms with Gasteiger partial charge in [-0.2, -0.15) is 0 Å². The van der Waals surface area contributed by atoms with Gasteiger partial charge in [-0.05, 0) is 28.5 Å². The quantitative estimate of drug-likeness (QED) is 0.455. The minimum Gasteiger partial charge on any atom is -0.493 e. The molecule has 0 N–H and O–H groups in total. The topological polar surface area (TPSA) is 71.1 Å². The first-order valence-corrected chi connectivity index (χ1v) is 9.57. The van der Waals surface area contributed by atoms with Gasteiger partial charge in [0.1, 0.15) is 6.61 Å². The highest BCUT2D eigenvalue weighted by atomic mass is 16.5. The Bertz CT molecular complexity index is 1090. The second-order valence-corrected chi connectivity index (χ2v) is 7.06. The van der Waals surface area contributed by atoms with E-state index in [2.05, 4.69) is 0 Å². The molecular weight excluding hydrogens is 384 g/mol. The van der Waals surface area contributed by atoms with E-state index in [9.17, 15) is 9.59 Å². The molecule has 6 nitrogen and oxygen atoms in total. The van der Waals surface area contributed by atoms with Crippen LogP contribution in [-0.4, -0.2) is 39.7 Å². The highest BCUT2D eigenvalue weighted by molar-refractivity contribution is 6.11. The fourth-order valence-corrected chi connectivity index (χ4v) is 4.04. The van der Waals surface area contributed by atoms with E-state index in [1.165, 1.54) is 21.3 Å². The number of fused-ring (bicyclic) bond motifs is 1. The molecule has 4 rings (SSSR count). The first kappa shape index (κ1) is 19.8. The van der Waals surface area contributed by atoms with Crippen molar-refractivity contribution in [2.24, 2.45) is 5.92 Å². The highest BCUT2D eigenvalue weighted by Gasteiger charge is 2.43. The standard InChI is InChI=1S/C24H22O6/c1-27-19-11-15(12-20(28-2)23(19)29-3)21-18(13-30-24(21)26)22(25)17-10-6-8-14-7-4-5-9-16(14)17/h4-12,18,21H,13H2,1-3H3. The Morgan fingerprint density at radius 3 is 2.27 bits per heavy atom. The molecule has 1 aliphatic heterocycles. The molecule has 0 spiro atoms. The molecular formula is C24H22O6. The highest BCUT2D eigenvalue weighted by Crippen LogP contribution is 2.44. The number of benzene rings is 3. The van der Waals surface area contributed by atoms with Gasteiger partial charge in [0.05, 0.1) is 33.2 Å². The summed E-state index contributed by atoms with van der Waals surface area (Å²) in [5, 5.41) is 1.82. The molecule has 0 bridgehead atoms. The summed E-state index contributed by atoms with van der Waals surface area (Å²) in [5.41, 5.74) is 1.17. The average molecular weight is 406 g/mol. The van der Waals surface area contributed by atoms with Crippen LogP contribution in [0.3, 0.4) is 0 Å². The number of rotatable bonds is 6. The van der Waals surface area contributed by atoms with Gasteiger partial charge in [-0.25, -0.2) is 0 Å². The number of carbonyl (C=O) groups excluding carboxylic acids is 2. The fraction of sp³-hybridized carbons (Fsp3) is 0.250.